The van der Waals surface area contributed by atoms with Crippen molar-refractivity contribution in [2.75, 3.05) is 43.9 Å². The van der Waals surface area contributed by atoms with Gasteiger partial charge in [-0.25, -0.2) is 0 Å². The van der Waals surface area contributed by atoms with Crippen LogP contribution in [0.4, 0.5) is 11.9 Å². The zero-order valence-electron chi connectivity index (χ0n) is 13.2. The Labute approximate surface area is 126 Å². The Kier molecular flexibility index (Phi) is 5.98. The first-order valence-electron chi connectivity index (χ1n) is 7.76. The average molecular weight is 294 g/mol. The van der Waals surface area contributed by atoms with E-state index in [1.807, 2.05) is 0 Å². The largest absolute Gasteiger partial charge is 0.463 e. The second kappa shape index (κ2) is 7.97. The Morgan fingerprint density at radius 1 is 1.19 bits per heavy atom. The lowest BCUT2D eigenvalue weighted by molar-refractivity contribution is 0.292. The SMILES string of the molecule is CCCOc1nc(NC)nc(NC(C)CN2CCCC2)n1. The van der Waals surface area contributed by atoms with Crippen LogP contribution in [0.2, 0.25) is 0 Å². The van der Waals surface area contributed by atoms with E-state index >= 15 is 0 Å². The first-order valence-corrected chi connectivity index (χ1v) is 7.76. The van der Waals surface area contributed by atoms with Crippen molar-refractivity contribution < 1.29 is 4.74 Å². The third-order valence-electron chi connectivity index (χ3n) is 3.38. The Morgan fingerprint density at radius 2 is 1.90 bits per heavy atom. The molecule has 1 aliphatic rings. The van der Waals surface area contributed by atoms with Crippen molar-refractivity contribution in [2.45, 2.75) is 39.2 Å². The minimum atomic E-state index is 0.286. The molecule has 118 valence electrons. The van der Waals surface area contributed by atoms with Crippen LogP contribution in [0.1, 0.15) is 33.1 Å². The van der Waals surface area contributed by atoms with Gasteiger partial charge in [-0.15, -0.1) is 0 Å². The summed E-state index contributed by atoms with van der Waals surface area (Å²) < 4.78 is 5.50. The number of likely N-dealkylation sites (tertiary alicyclic amines) is 1. The molecule has 2 rings (SSSR count). The number of ether oxygens (including phenoxy) is 1. The number of anilines is 2. The Bertz CT molecular complexity index is 435. The molecule has 1 aliphatic heterocycles. The van der Waals surface area contributed by atoms with E-state index in [0.717, 1.165) is 13.0 Å². The third kappa shape index (κ3) is 5.00. The molecule has 1 unspecified atom stereocenters. The Morgan fingerprint density at radius 3 is 2.57 bits per heavy atom. The van der Waals surface area contributed by atoms with Gasteiger partial charge in [0.2, 0.25) is 11.9 Å². The van der Waals surface area contributed by atoms with Crippen LogP contribution in [0, 0.1) is 0 Å². The van der Waals surface area contributed by atoms with Gasteiger partial charge in [0.25, 0.3) is 0 Å². The van der Waals surface area contributed by atoms with Gasteiger partial charge in [0.1, 0.15) is 0 Å². The monoisotopic (exact) mass is 294 g/mol. The summed E-state index contributed by atoms with van der Waals surface area (Å²) in [6.07, 6.45) is 3.53. The first kappa shape index (κ1) is 15.8. The van der Waals surface area contributed by atoms with Crippen LogP contribution < -0.4 is 15.4 Å². The lowest BCUT2D eigenvalue weighted by atomic mass is 10.3. The van der Waals surface area contributed by atoms with Gasteiger partial charge in [0.05, 0.1) is 6.61 Å². The summed E-state index contributed by atoms with van der Waals surface area (Å²) in [5, 5.41) is 6.27. The van der Waals surface area contributed by atoms with E-state index in [1.54, 1.807) is 7.05 Å². The van der Waals surface area contributed by atoms with Crippen LogP contribution in [-0.4, -0.2) is 59.2 Å². The zero-order chi connectivity index (χ0) is 15.1. The summed E-state index contributed by atoms with van der Waals surface area (Å²) in [6.45, 7) is 8.19. The Hall–Kier alpha value is -1.63. The maximum atomic E-state index is 5.50. The van der Waals surface area contributed by atoms with Crippen molar-refractivity contribution in [1.82, 2.24) is 19.9 Å². The molecule has 2 N–H and O–H groups in total. The molecule has 21 heavy (non-hydrogen) atoms. The van der Waals surface area contributed by atoms with E-state index in [9.17, 15) is 0 Å². The molecule has 0 aliphatic carbocycles. The molecule has 2 heterocycles. The standard InChI is InChI=1S/C14H26N6O/c1-4-9-21-14-18-12(15-3)17-13(19-14)16-11(2)10-20-7-5-6-8-20/h11H,4-10H2,1-3H3,(H2,15,16,17,18,19). The molecule has 7 nitrogen and oxygen atoms in total. The highest BCUT2D eigenvalue weighted by atomic mass is 16.5. The summed E-state index contributed by atoms with van der Waals surface area (Å²) in [4.78, 5) is 15.3. The van der Waals surface area contributed by atoms with Crippen molar-refractivity contribution in [3.63, 3.8) is 0 Å². The van der Waals surface area contributed by atoms with Crippen LogP contribution >= 0.6 is 0 Å². The Balaban J connectivity index is 1.96. The highest BCUT2D eigenvalue weighted by Crippen LogP contribution is 2.13. The summed E-state index contributed by atoms with van der Waals surface area (Å²) >= 11 is 0. The maximum absolute atomic E-state index is 5.50. The second-order valence-corrected chi connectivity index (χ2v) is 5.42. The molecule has 0 saturated carbocycles. The van der Waals surface area contributed by atoms with E-state index < -0.39 is 0 Å². The molecule has 1 aromatic rings. The fourth-order valence-electron chi connectivity index (χ4n) is 2.41. The van der Waals surface area contributed by atoms with E-state index in [-0.39, 0.29) is 6.04 Å². The molecule has 1 saturated heterocycles. The predicted molar refractivity (Wildman–Crippen MR) is 83.9 cm³/mol. The van der Waals surface area contributed by atoms with Crippen LogP contribution in [0.25, 0.3) is 0 Å². The lowest BCUT2D eigenvalue weighted by Gasteiger charge is -2.21. The van der Waals surface area contributed by atoms with E-state index in [1.165, 1.54) is 25.9 Å². The third-order valence-corrected chi connectivity index (χ3v) is 3.38. The summed E-state index contributed by atoms with van der Waals surface area (Å²) in [6, 6.07) is 0.654. The van der Waals surface area contributed by atoms with Crippen molar-refractivity contribution in [3.05, 3.63) is 0 Å². The number of aromatic nitrogens is 3. The van der Waals surface area contributed by atoms with E-state index in [2.05, 4.69) is 44.3 Å². The number of rotatable bonds is 8. The number of nitrogens with zero attached hydrogens (tertiary/aromatic N) is 4. The molecule has 1 fully saturated rings. The molecule has 0 aromatic carbocycles. The molecule has 0 radical (unpaired) electrons. The number of nitrogens with one attached hydrogen (secondary N) is 2. The molecule has 0 bridgehead atoms. The smallest absolute Gasteiger partial charge is 0.323 e. The van der Waals surface area contributed by atoms with Crippen molar-refractivity contribution in [2.24, 2.45) is 0 Å². The second-order valence-electron chi connectivity index (χ2n) is 5.42. The minimum absolute atomic E-state index is 0.286. The molecule has 0 amide bonds. The van der Waals surface area contributed by atoms with Crippen LogP contribution in [0.3, 0.4) is 0 Å². The van der Waals surface area contributed by atoms with Gasteiger partial charge in [-0.05, 0) is 39.3 Å². The molecular formula is C14H26N6O. The maximum Gasteiger partial charge on any atom is 0.323 e. The van der Waals surface area contributed by atoms with Gasteiger partial charge >= 0.3 is 6.01 Å². The molecule has 1 aromatic heterocycles. The van der Waals surface area contributed by atoms with Gasteiger partial charge in [0, 0.05) is 19.6 Å². The van der Waals surface area contributed by atoms with Crippen LogP contribution in [0.15, 0.2) is 0 Å². The summed E-state index contributed by atoms with van der Waals surface area (Å²) in [7, 11) is 1.79. The average Bonchev–Trinajstić information content (AvgIpc) is 2.97. The highest BCUT2D eigenvalue weighted by Gasteiger charge is 2.16. The van der Waals surface area contributed by atoms with Gasteiger partial charge in [-0.1, -0.05) is 6.92 Å². The molecule has 1 atom stereocenters. The van der Waals surface area contributed by atoms with Gasteiger partial charge in [-0.3, -0.25) is 0 Å². The van der Waals surface area contributed by atoms with Crippen molar-refractivity contribution in [3.8, 4) is 6.01 Å². The number of hydrogen-bond donors (Lipinski definition) is 2. The fraction of sp³-hybridized carbons (Fsp3) is 0.786. The van der Waals surface area contributed by atoms with Crippen LogP contribution in [-0.2, 0) is 0 Å². The molecule has 0 spiro atoms. The fourth-order valence-corrected chi connectivity index (χ4v) is 2.41. The van der Waals surface area contributed by atoms with E-state index in [0.29, 0.717) is 24.5 Å². The van der Waals surface area contributed by atoms with Gasteiger partial charge < -0.3 is 20.3 Å². The quantitative estimate of drug-likeness (QED) is 0.754. The summed E-state index contributed by atoms with van der Waals surface area (Å²) in [5.74, 6) is 1.08. The topological polar surface area (TPSA) is 75.2 Å². The highest BCUT2D eigenvalue weighted by molar-refractivity contribution is 5.36. The predicted octanol–water partition coefficient (Wildman–Crippen LogP) is 1.60. The lowest BCUT2D eigenvalue weighted by Crippen LogP contribution is -2.33. The van der Waals surface area contributed by atoms with Crippen LogP contribution in [0.5, 0.6) is 6.01 Å². The van der Waals surface area contributed by atoms with Gasteiger partial charge in [-0.2, -0.15) is 15.0 Å². The normalized spacial score (nSPS) is 16.7. The molecular weight excluding hydrogens is 268 g/mol. The number of hydrogen-bond acceptors (Lipinski definition) is 7. The van der Waals surface area contributed by atoms with Gasteiger partial charge in [0.15, 0.2) is 0 Å². The van der Waals surface area contributed by atoms with E-state index in [4.69, 9.17) is 4.74 Å². The van der Waals surface area contributed by atoms with Crippen molar-refractivity contribution >= 4 is 11.9 Å². The zero-order valence-corrected chi connectivity index (χ0v) is 13.2. The van der Waals surface area contributed by atoms with Crippen molar-refractivity contribution in [1.29, 1.82) is 0 Å². The molecule has 7 heteroatoms. The summed E-state index contributed by atoms with van der Waals surface area (Å²) in [5.41, 5.74) is 0. The first-order chi connectivity index (χ1) is 10.2. The minimum Gasteiger partial charge on any atom is -0.463 e.